The van der Waals surface area contributed by atoms with Crippen LogP contribution in [0.15, 0.2) is 42.5 Å². The zero-order valence-electron chi connectivity index (χ0n) is 18.2. The van der Waals surface area contributed by atoms with Gasteiger partial charge in [0.25, 0.3) is 24.1 Å². The maximum atomic E-state index is 13.0. The smallest absolute Gasteiger partial charge is 0.266 e. The second-order valence-electron chi connectivity index (χ2n) is 8.07. The minimum Gasteiger partial charge on any atom is -0.494 e. The Morgan fingerprint density at radius 2 is 1.73 bits per heavy atom. The predicted molar refractivity (Wildman–Crippen MR) is 118 cm³/mol. The van der Waals surface area contributed by atoms with E-state index in [0.717, 1.165) is 4.90 Å². The lowest BCUT2D eigenvalue weighted by molar-refractivity contribution is 0.0696. The van der Waals surface area contributed by atoms with Gasteiger partial charge in [0.1, 0.15) is 5.75 Å². The molecule has 0 bridgehead atoms. The first-order chi connectivity index (χ1) is 15.9. The average molecular weight is 457 g/mol. The summed E-state index contributed by atoms with van der Waals surface area (Å²) < 4.78 is 30.5. The third kappa shape index (κ3) is 4.88. The van der Waals surface area contributed by atoms with Crippen molar-refractivity contribution in [3.05, 3.63) is 59.2 Å². The van der Waals surface area contributed by atoms with Crippen molar-refractivity contribution < 1.29 is 27.9 Å². The number of alkyl halides is 2. The van der Waals surface area contributed by atoms with Crippen LogP contribution in [0.5, 0.6) is 5.75 Å². The summed E-state index contributed by atoms with van der Waals surface area (Å²) in [6.45, 7) is 3.09. The lowest BCUT2D eigenvalue weighted by Gasteiger charge is -2.32. The molecule has 0 atom stereocenters. The molecule has 2 aromatic carbocycles. The first-order valence-corrected chi connectivity index (χ1v) is 10.9. The van der Waals surface area contributed by atoms with E-state index in [9.17, 15) is 23.2 Å². The maximum absolute atomic E-state index is 13.0. The second-order valence-corrected chi connectivity index (χ2v) is 8.07. The van der Waals surface area contributed by atoms with Crippen molar-refractivity contribution in [3.63, 3.8) is 0 Å². The quantitative estimate of drug-likeness (QED) is 0.646. The Hall–Kier alpha value is -3.33. The van der Waals surface area contributed by atoms with Crippen molar-refractivity contribution >= 4 is 23.4 Å². The molecule has 2 aromatic rings. The number of carbonyl (C=O) groups excluding carboxylic acids is 3. The summed E-state index contributed by atoms with van der Waals surface area (Å²) in [6.07, 6.45) is -1.22. The number of benzene rings is 2. The van der Waals surface area contributed by atoms with Gasteiger partial charge < -0.3 is 10.1 Å². The highest BCUT2D eigenvalue weighted by Crippen LogP contribution is 2.30. The number of halogens is 2. The number of amides is 3. The molecule has 1 N–H and O–H groups in total. The van der Waals surface area contributed by atoms with E-state index in [1.165, 1.54) is 18.2 Å². The van der Waals surface area contributed by atoms with Crippen LogP contribution in [0.25, 0.3) is 0 Å². The number of nitrogens with one attached hydrogen (secondary N) is 1. The molecule has 1 saturated heterocycles. The van der Waals surface area contributed by atoms with Gasteiger partial charge in [-0.05, 0) is 62.2 Å². The van der Waals surface area contributed by atoms with Crippen LogP contribution in [-0.4, -0.2) is 61.3 Å². The van der Waals surface area contributed by atoms with E-state index in [1.54, 1.807) is 29.2 Å². The molecule has 0 radical (unpaired) electrons. The maximum Gasteiger partial charge on any atom is 0.266 e. The van der Waals surface area contributed by atoms with E-state index in [0.29, 0.717) is 44.0 Å². The lowest BCUT2D eigenvalue weighted by atomic mass is 10.0. The summed E-state index contributed by atoms with van der Waals surface area (Å²) in [7, 11) is 0. The largest absolute Gasteiger partial charge is 0.494 e. The Morgan fingerprint density at radius 3 is 2.36 bits per heavy atom. The van der Waals surface area contributed by atoms with Crippen LogP contribution in [0.3, 0.4) is 0 Å². The number of nitrogens with zero attached hydrogens (tertiary/aromatic N) is 2. The fourth-order valence-electron chi connectivity index (χ4n) is 4.20. The van der Waals surface area contributed by atoms with E-state index < -0.39 is 18.2 Å². The van der Waals surface area contributed by atoms with Crippen LogP contribution in [-0.2, 0) is 0 Å². The molecular formula is C24H25F2N3O4. The van der Waals surface area contributed by atoms with Crippen LogP contribution in [0.1, 0.15) is 50.8 Å². The molecule has 3 amide bonds. The predicted octanol–water partition coefficient (Wildman–Crippen LogP) is 3.35. The molecule has 2 aliphatic rings. The van der Waals surface area contributed by atoms with E-state index in [4.69, 9.17) is 4.74 Å². The third-order valence-electron chi connectivity index (χ3n) is 5.87. The van der Waals surface area contributed by atoms with Gasteiger partial charge in [-0.15, -0.1) is 0 Å². The van der Waals surface area contributed by atoms with Gasteiger partial charge in [-0.2, -0.15) is 0 Å². The van der Waals surface area contributed by atoms with E-state index in [2.05, 4.69) is 5.32 Å². The number of fused-ring (bicyclic) bond motifs is 1. The highest BCUT2D eigenvalue weighted by Gasteiger charge is 2.37. The Balaban J connectivity index is 1.44. The van der Waals surface area contributed by atoms with Gasteiger partial charge in [0.2, 0.25) is 0 Å². The SMILES string of the molecule is CCOc1ccc(N2C(=O)c3ccc(C(=O)NC4CCN(CC(F)F)CC4)cc3C2=O)cc1. The molecule has 0 unspecified atom stereocenters. The van der Waals surface area contributed by atoms with E-state index >= 15 is 0 Å². The van der Waals surface area contributed by atoms with Crippen LogP contribution in [0.2, 0.25) is 0 Å². The van der Waals surface area contributed by atoms with Crippen LogP contribution in [0, 0.1) is 0 Å². The van der Waals surface area contributed by atoms with Crippen molar-refractivity contribution in [2.24, 2.45) is 0 Å². The molecular weight excluding hydrogens is 432 g/mol. The lowest BCUT2D eigenvalue weighted by Crippen LogP contribution is -2.45. The Bertz CT molecular complexity index is 1050. The normalized spacial score (nSPS) is 16.9. The topological polar surface area (TPSA) is 79.0 Å². The van der Waals surface area contributed by atoms with Crippen LogP contribution in [0.4, 0.5) is 14.5 Å². The monoisotopic (exact) mass is 457 g/mol. The van der Waals surface area contributed by atoms with E-state index in [1.807, 2.05) is 6.92 Å². The second kappa shape index (κ2) is 9.66. The van der Waals surface area contributed by atoms with Gasteiger partial charge >= 0.3 is 0 Å². The molecule has 4 rings (SSSR count). The van der Waals surface area contributed by atoms with Crippen LogP contribution >= 0.6 is 0 Å². The number of piperidine rings is 1. The molecule has 1 fully saturated rings. The Morgan fingerprint density at radius 1 is 1.06 bits per heavy atom. The molecule has 0 aliphatic carbocycles. The zero-order valence-corrected chi connectivity index (χ0v) is 18.2. The third-order valence-corrected chi connectivity index (χ3v) is 5.87. The van der Waals surface area contributed by atoms with Crippen molar-refractivity contribution in [2.45, 2.75) is 32.2 Å². The van der Waals surface area contributed by atoms with Gasteiger partial charge in [-0.3, -0.25) is 19.3 Å². The molecule has 0 saturated carbocycles. The molecule has 9 heteroatoms. The fourth-order valence-corrected chi connectivity index (χ4v) is 4.20. The molecule has 2 heterocycles. The van der Waals surface area contributed by atoms with Gasteiger partial charge in [-0.1, -0.05) is 0 Å². The molecule has 2 aliphatic heterocycles. The first kappa shape index (κ1) is 22.8. The molecule has 0 aromatic heterocycles. The highest BCUT2D eigenvalue weighted by atomic mass is 19.3. The Labute approximate surface area is 190 Å². The standard InChI is InChI=1S/C24H25F2N3O4/c1-2-33-18-6-4-17(5-7-18)29-23(31)19-8-3-15(13-20(19)24(29)32)22(30)27-16-9-11-28(12-10-16)14-21(25)26/h3-8,13,16,21H,2,9-12,14H2,1H3,(H,27,30). The van der Waals surface area contributed by atoms with Crippen molar-refractivity contribution in [2.75, 3.05) is 31.1 Å². The van der Waals surface area contributed by atoms with Gasteiger partial charge in [0.15, 0.2) is 0 Å². The summed E-state index contributed by atoms with van der Waals surface area (Å²) >= 11 is 0. The molecule has 33 heavy (non-hydrogen) atoms. The number of hydrogen-bond acceptors (Lipinski definition) is 5. The van der Waals surface area contributed by atoms with Gasteiger partial charge in [0, 0.05) is 24.7 Å². The van der Waals surface area contributed by atoms with E-state index in [-0.39, 0.29) is 35.2 Å². The van der Waals surface area contributed by atoms with Crippen LogP contribution < -0.4 is 15.0 Å². The number of rotatable bonds is 7. The summed E-state index contributed by atoms with van der Waals surface area (Å²) in [6, 6.07) is 11.0. The summed E-state index contributed by atoms with van der Waals surface area (Å²) in [4.78, 5) is 41.3. The van der Waals surface area contributed by atoms with Crippen molar-refractivity contribution in [1.29, 1.82) is 0 Å². The highest BCUT2D eigenvalue weighted by molar-refractivity contribution is 6.34. The number of hydrogen-bond donors (Lipinski definition) is 1. The zero-order chi connectivity index (χ0) is 23.5. The van der Waals surface area contributed by atoms with Gasteiger partial charge in [0.05, 0.1) is 30.0 Å². The number of carbonyl (C=O) groups is 3. The molecule has 7 nitrogen and oxygen atoms in total. The van der Waals surface area contributed by atoms with Crippen molar-refractivity contribution in [3.8, 4) is 5.75 Å². The first-order valence-electron chi connectivity index (χ1n) is 10.9. The molecule has 0 spiro atoms. The number of imide groups is 1. The minimum atomic E-state index is -2.37. The number of anilines is 1. The number of likely N-dealkylation sites (tertiary alicyclic amines) is 1. The molecule has 174 valence electrons. The fraction of sp³-hybridized carbons (Fsp3) is 0.375. The summed E-state index contributed by atoms with van der Waals surface area (Å²) in [5, 5.41) is 2.91. The average Bonchev–Trinajstić information content (AvgIpc) is 3.05. The van der Waals surface area contributed by atoms with Crippen molar-refractivity contribution in [1.82, 2.24) is 10.2 Å². The summed E-state index contributed by atoms with van der Waals surface area (Å²) in [5.74, 6) is -0.659. The number of ether oxygens (including phenoxy) is 1. The van der Waals surface area contributed by atoms with Gasteiger partial charge in [-0.25, -0.2) is 13.7 Å². The summed E-state index contributed by atoms with van der Waals surface area (Å²) in [5.41, 5.74) is 1.11. The minimum absolute atomic E-state index is 0.127. The Kier molecular flexibility index (Phi) is 6.69.